The van der Waals surface area contributed by atoms with E-state index in [0.717, 1.165) is 24.3 Å². The van der Waals surface area contributed by atoms with Crippen molar-refractivity contribution in [1.29, 1.82) is 0 Å². The number of hydrogen-bond donors (Lipinski definition) is 2. The molecule has 2 amide bonds. The maximum Gasteiger partial charge on any atom is 0.408 e. The largest absolute Gasteiger partial charge is 0.493 e. The average molecular weight is 446 g/mol. The number of rotatable bonds is 4. The van der Waals surface area contributed by atoms with Gasteiger partial charge in [-0.25, -0.2) is 4.79 Å². The van der Waals surface area contributed by atoms with Gasteiger partial charge >= 0.3 is 6.09 Å². The van der Waals surface area contributed by atoms with Gasteiger partial charge in [0, 0.05) is 37.7 Å². The molecule has 0 aliphatic carbocycles. The summed E-state index contributed by atoms with van der Waals surface area (Å²) in [6.07, 6.45) is 0.456. The van der Waals surface area contributed by atoms with Gasteiger partial charge in [-0.05, 0) is 24.8 Å². The molecular weight excluding hydrogens is 410 g/mol. The van der Waals surface area contributed by atoms with Gasteiger partial charge in [0.1, 0.15) is 11.8 Å². The molecular formula is C24H35N3O5. The molecule has 3 aliphatic rings. The SMILES string of the molecule is CCO[C@@H]1C[C@H]2C(C(C)(C)C)N(C(=O)O)[C@H](C(=O)N[C@@H]3CCOc4ccccc43)CN2C1. The summed E-state index contributed by atoms with van der Waals surface area (Å²) in [6, 6.07) is 6.45. The second kappa shape index (κ2) is 8.90. The van der Waals surface area contributed by atoms with Crippen LogP contribution in [0.15, 0.2) is 24.3 Å². The van der Waals surface area contributed by atoms with Crippen molar-refractivity contribution in [3.05, 3.63) is 29.8 Å². The quantitative estimate of drug-likeness (QED) is 0.741. The number of carbonyl (C=O) groups is 2. The minimum Gasteiger partial charge on any atom is -0.493 e. The lowest BCUT2D eigenvalue weighted by atomic mass is 9.78. The lowest BCUT2D eigenvalue weighted by molar-refractivity contribution is -0.134. The smallest absolute Gasteiger partial charge is 0.408 e. The van der Waals surface area contributed by atoms with Crippen LogP contribution in [0.25, 0.3) is 0 Å². The number of piperazine rings is 1. The number of carbonyl (C=O) groups excluding carboxylic acids is 1. The van der Waals surface area contributed by atoms with Crippen LogP contribution in [0.3, 0.4) is 0 Å². The number of fused-ring (bicyclic) bond motifs is 2. The zero-order valence-corrected chi connectivity index (χ0v) is 19.4. The van der Waals surface area contributed by atoms with Gasteiger partial charge in [-0.3, -0.25) is 14.6 Å². The van der Waals surface area contributed by atoms with Crippen LogP contribution in [0, 0.1) is 5.41 Å². The second-order valence-electron chi connectivity index (χ2n) is 10.1. The van der Waals surface area contributed by atoms with E-state index in [0.29, 0.717) is 26.2 Å². The molecule has 176 valence electrons. The van der Waals surface area contributed by atoms with E-state index in [1.165, 1.54) is 4.90 Å². The first-order valence-electron chi connectivity index (χ1n) is 11.6. The van der Waals surface area contributed by atoms with Crippen molar-refractivity contribution >= 4 is 12.0 Å². The lowest BCUT2D eigenvalue weighted by Gasteiger charge is -2.52. The van der Waals surface area contributed by atoms with Crippen molar-refractivity contribution < 1.29 is 24.2 Å². The molecule has 3 heterocycles. The van der Waals surface area contributed by atoms with Crippen molar-refractivity contribution in [2.24, 2.45) is 5.41 Å². The van der Waals surface area contributed by atoms with E-state index in [9.17, 15) is 14.7 Å². The van der Waals surface area contributed by atoms with E-state index in [2.05, 4.69) is 31.0 Å². The van der Waals surface area contributed by atoms with Gasteiger partial charge in [0.05, 0.1) is 24.8 Å². The number of ether oxygens (including phenoxy) is 2. The maximum atomic E-state index is 13.5. The molecule has 5 atom stereocenters. The maximum absolute atomic E-state index is 13.5. The van der Waals surface area contributed by atoms with Gasteiger partial charge in [0.25, 0.3) is 0 Å². The Morgan fingerprint density at radius 3 is 2.69 bits per heavy atom. The third kappa shape index (κ3) is 4.30. The van der Waals surface area contributed by atoms with Crippen LogP contribution in [0.4, 0.5) is 4.79 Å². The van der Waals surface area contributed by atoms with E-state index in [1.807, 2.05) is 31.2 Å². The number of para-hydroxylation sites is 1. The van der Waals surface area contributed by atoms with Crippen molar-refractivity contribution in [1.82, 2.24) is 15.1 Å². The minimum atomic E-state index is -1.04. The van der Waals surface area contributed by atoms with Gasteiger partial charge in [-0.1, -0.05) is 39.0 Å². The Hall–Kier alpha value is -2.32. The summed E-state index contributed by atoms with van der Waals surface area (Å²) in [5.41, 5.74) is 0.611. The first kappa shape index (κ1) is 22.9. The number of carboxylic acid groups (broad SMARTS) is 1. The van der Waals surface area contributed by atoms with Crippen LogP contribution in [-0.4, -0.2) is 77.4 Å². The van der Waals surface area contributed by atoms with Gasteiger partial charge < -0.3 is 19.9 Å². The molecule has 0 saturated carbocycles. The summed E-state index contributed by atoms with van der Waals surface area (Å²) in [5, 5.41) is 13.4. The van der Waals surface area contributed by atoms with Crippen molar-refractivity contribution in [2.75, 3.05) is 26.3 Å². The normalized spacial score (nSPS) is 30.2. The third-order valence-electron chi connectivity index (χ3n) is 6.91. The van der Waals surface area contributed by atoms with Crippen LogP contribution in [-0.2, 0) is 9.53 Å². The zero-order valence-electron chi connectivity index (χ0n) is 19.4. The van der Waals surface area contributed by atoms with Crippen LogP contribution in [0.2, 0.25) is 0 Å². The minimum absolute atomic E-state index is 0.0375. The highest BCUT2D eigenvalue weighted by atomic mass is 16.5. The summed E-state index contributed by atoms with van der Waals surface area (Å²) in [7, 11) is 0. The van der Waals surface area contributed by atoms with Gasteiger partial charge in [-0.2, -0.15) is 0 Å². The number of amides is 2. The predicted octanol–water partition coefficient (Wildman–Crippen LogP) is 2.88. The first-order chi connectivity index (χ1) is 15.2. The molecule has 8 nitrogen and oxygen atoms in total. The molecule has 1 aromatic carbocycles. The molecule has 2 N–H and O–H groups in total. The highest BCUT2D eigenvalue weighted by molar-refractivity contribution is 5.86. The first-order valence-corrected chi connectivity index (χ1v) is 11.6. The molecule has 0 bridgehead atoms. The molecule has 8 heteroatoms. The monoisotopic (exact) mass is 445 g/mol. The Morgan fingerprint density at radius 1 is 1.25 bits per heavy atom. The van der Waals surface area contributed by atoms with E-state index < -0.39 is 12.1 Å². The van der Waals surface area contributed by atoms with Crippen molar-refractivity contribution in [2.45, 2.75) is 70.8 Å². The molecule has 4 rings (SSSR count). The Balaban J connectivity index is 1.61. The molecule has 1 unspecified atom stereocenters. The highest BCUT2D eigenvalue weighted by Gasteiger charge is 2.54. The van der Waals surface area contributed by atoms with E-state index in [-0.39, 0.29) is 35.6 Å². The average Bonchev–Trinajstić information content (AvgIpc) is 3.14. The third-order valence-corrected chi connectivity index (χ3v) is 6.91. The summed E-state index contributed by atoms with van der Waals surface area (Å²) in [4.78, 5) is 29.7. The van der Waals surface area contributed by atoms with E-state index >= 15 is 0 Å². The highest BCUT2D eigenvalue weighted by Crippen LogP contribution is 2.40. The molecule has 2 saturated heterocycles. The van der Waals surface area contributed by atoms with Crippen LogP contribution < -0.4 is 10.1 Å². The fourth-order valence-corrected chi connectivity index (χ4v) is 5.69. The van der Waals surface area contributed by atoms with Crippen molar-refractivity contribution in [3.8, 4) is 5.75 Å². The van der Waals surface area contributed by atoms with Gasteiger partial charge in [-0.15, -0.1) is 0 Å². The molecule has 32 heavy (non-hydrogen) atoms. The Bertz CT molecular complexity index is 854. The topological polar surface area (TPSA) is 91.3 Å². The lowest BCUT2D eigenvalue weighted by Crippen LogP contribution is -2.70. The molecule has 3 aliphatic heterocycles. The van der Waals surface area contributed by atoms with Gasteiger partial charge in [0.2, 0.25) is 5.91 Å². The molecule has 1 aromatic rings. The molecule has 2 fully saturated rings. The zero-order chi connectivity index (χ0) is 23.0. The van der Waals surface area contributed by atoms with E-state index in [4.69, 9.17) is 9.47 Å². The van der Waals surface area contributed by atoms with Crippen LogP contribution in [0.1, 0.15) is 52.1 Å². The number of hydrogen-bond acceptors (Lipinski definition) is 5. The summed E-state index contributed by atoms with van der Waals surface area (Å²) >= 11 is 0. The van der Waals surface area contributed by atoms with Gasteiger partial charge in [0.15, 0.2) is 0 Å². The fourth-order valence-electron chi connectivity index (χ4n) is 5.69. The second-order valence-corrected chi connectivity index (χ2v) is 10.1. The number of nitrogens with zero attached hydrogens (tertiary/aromatic N) is 2. The summed E-state index contributed by atoms with van der Waals surface area (Å²) in [6.45, 7) is 10.4. The number of nitrogens with one attached hydrogen (secondary N) is 1. The van der Waals surface area contributed by atoms with Crippen LogP contribution in [0.5, 0.6) is 5.75 Å². The molecule has 0 aromatic heterocycles. The Kier molecular flexibility index (Phi) is 6.36. The number of benzene rings is 1. The standard InChI is InChI=1S/C24H35N3O5/c1-5-31-15-12-18-21(24(2,3)4)27(23(29)30)19(14-26(18)13-15)22(28)25-17-10-11-32-20-9-7-6-8-16(17)20/h6-9,15,17-19,21H,5,10-14H2,1-4H3,(H,25,28)(H,29,30)/t15-,17-,18+,19+,21?/m1/s1. The van der Waals surface area contributed by atoms with Crippen LogP contribution >= 0.6 is 0 Å². The summed E-state index contributed by atoms with van der Waals surface area (Å²) in [5.74, 6) is 0.524. The Morgan fingerprint density at radius 2 is 2.00 bits per heavy atom. The molecule has 0 radical (unpaired) electrons. The van der Waals surface area contributed by atoms with Crippen molar-refractivity contribution in [3.63, 3.8) is 0 Å². The molecule has 0 spiro atoms. The Labute approximate surface area is 189 Å². The summed E-state index contributed by atoms with van der Waals surface area (Å²) < 4.78 is 11.6. The predicted molar refractivity (Wildman–Crippen MR) is 120 cm³/mol. The fraction of sp³-hybridized carbons (Fsp3) is 0.667. The van der Waals surface area contributed by atoms with E-state index in [1.54, 1.807) is 0 Å².